The molecule has 0 unspecified atom stereocenters. The number of nitro groups is 1. The van der Waals surface area contributed by atoms with E-state index in [2.05, 4.69) is 16.6 Å². The molecule has 0 radical (unpaired) electrons. The smallest absolute Gasteiger partial charge is 0.269 e. The summed E-state index contributed by atoms with van der Waals surface area (Å²) in [5.74, 6) is -0.457. The number of carbonyl (C=O) groups excluding carboxylic acids is 1. The van der Waals surface area contributed by atoms with Crippen LogP contribution in [0.15, 0.2) is 66.1 Å². The van der Waals surface area contributed by atoms with Crippen LogP contribution < -0.4 is 10.0 Å². The van der Waals surface area contributed by atoms with Gasteiger partial charge in [0.1, 0.15) is 0 Å². The molecule has 0 aliphatic rings. The van der Waals surface area contributed by atoms with Gasteiger partial charge < -0.3 is 5.32 Å². The fourth-order valence-corrected chi connectivity index (χ4v) is 3.06. The summed E-state index contributed by atoms with van der Waals surface area (Å²) in [5, 5.41) is 13.2. The number of non-ortho nitro benzene ring substituents is 1. The monoisotopic (exact) mass is 361 g/mol. The number of nitrogens with one attached hydrogen (secondary N) is 2. The number of amides is 1. The number of para-hydroxylation sites is 1. The molecule has 0 atom stereocenters. The van der Waals surface area contributed by atoms with E-state index in [0.717, 1.165) is 24.3 Å². The van der Waals surface area contributed by atoms with E-state index in [1.54, 1.807) is 12.1 Å². The summed E-state index contributed by atoms with van der Waals surface area (Å²) in [4.78, 5) is 22.0. The van der Waals surface area contributed by atoms with Crippen molar-refractivity contribution in [3.8, 4) is 0 Å². The lowest BCUT2D eigenvalue weighted by Gasteiger charge is -2.12. The Morgan fingerprint density at radius 2 is 1.80 bits per heavy atom. The van der Waals surface area contributed by atoms with Crippen LogP contribution in [-0.2, 0) is 10.0 Å². The van der Waals surface area contributed by atoms with E-state index in [1.807, 2.05) is 0 Å². The Labute approximate surface area is 144 Å². The summed E-state index contributed by atoms with van der Waals surface area (Å²) in [6.45, 7) is 3.73. The molecule has 2 N–H and O–H groups in total. The maximum absolute atomic E-state index is 12.4. The minimum atomic E-state index is -4.01. The Kier molecular flexibility index (Phi) is 5.50. The number of carbonyl (C=O) groups is 1. The molecule has 0 bridgehead atoms. The van der Waals surface area contributed by atoms with Gasteiger partial charge in [0.05, 0.1) is 21.1 Å². The minimum absolute atomic E-state index is 0.0995. The molecule has 0 saturated heterocycles. The highest BCUT2D eigenvalue weighted by molar-refractivity contribution is 7.92. The Morgan fingerprint density at radius 3 is 2.40 bits per heavy atom. The molecule has 2 aromatic carbocycles. The highest BCUT2D eigenvalue weighted by Crippen LogP contribution is 2.21. The fraction of sp³-hybridized carbons (Fsp3) is 0.0625. The van der Waals surface area contributed by atoms with Crippen LogP contribution in [-0.4, -0.2) is 25.8 Å². The fourth-order valence-electron chi connectivity index (χ4n) is 1.98. The second kappa shape index (κ2) is 7.58. The third kappa shape index (κ3) is 4.42. The van der Waals surface area contributed by atoms with Crippen molar-refractivity contribution in [2.75, 3.05) is 11.3 Å². The summed E-state index contributed by atoms with van der Waals surface area (Å²) in [6.07, 6.45) is 1.50. The normalized spacial score (nSPS) is 10.7. The second-order valence-corrected chi connectivity index (χ2v) is 6.58. The molecule has 0 aliphatic heterocycles. The van der Waals surface area contributed by atoms with Crippen molar-refractivity contribution in [3.63, 3.8) is 0 Å². The van der Waals surface area contributed by atoms with Crippen molar-refractivity contribution in [2.45, 2.75) is 4.90 Å². The number of nitrogens with zero attached hydrogens (tertiary/aromatic N) is 1. The van der Waals surface area contributed by atoms with Gasteiger partial charge in [-0.15, -0.1) is 6.58 Å². The molecule has 0 saturated carbocycles. The van der Waals surface area contributed by atoms with Gasteiger partial charge in [0, 0.05) is 18.7 Å². The molecule has 0 aromatic heterocycles. The van der Waals surface area contributed by atoms with Gasteiger partial charge in [-0.1, -0.05) is 18.2 Å². The van der Waals surface area contributed by atoms with Crippen molar-refractivity contribution >= 4 is 27.3 Å². The standard InChI is InChI=1S/C16H15N3O5S/c1-2-11-17-16(20)14-5-3-4-6-15(14)18-25(23,24)13-9-7-12(8-10-13)19(21)22/h2-10,18H,1,11H2,(H,17,20). The first kappa shape index (κ1) is 18.1. The predicted molar refractivity (Wildman–Crippen MR) is 92.9 cm³/mol. The molecule has 25 heavy (non-hydrogen) atoms. The van der Waals surface area contributed by atoms with Gasteiger partial charge >= 0.3 is 0 Å². The lowest BCUT2D eigenvalue weighted by atomic mass is 10.1. The maximum atomic E-state index is 12.4. The van der Waals surface area contributed by atoms with Crippen LogP contribution in [0.2, 0.25) is 0 Å². The zero-order chi connectivity index (χ0) is 18.4. The second-order valence-electron chi connectivity index (χ2n) is 4.90. The van der Waals surface area contributed by atoms with Gasteiger partial charge in [-0.2, -0.15) is 0 Å². The number of nitro benzene ring substituents is 1. The first-order valence-corrected chi connectivity index (χ1v) is 8.59. The first-order chi connectivity index (χ1) is 11.8. The lowest BCUT2D eigenvalue weighted by Crippen LogP contribution is -2.25. The zero-order valence-corrected chi connectivity index (χ0v) is 13.8. The quantitative estimate of drug-likeness (QED) is 0.446. The number of rotatable bonds is 7. The van der Waals surface area contributed by atoms with Crippen LogP contribution in [0.1, 0.15) is 10.4 Å². The highest BCUT2D eigenvalue weighted by Gasteiger charge is 2.19. The van der Waals surface area contributed by atoms with Crippen LogP contribution >= 0.6 is 0 Å². The Morgan fingerprint density at radius 1 is 1.16 bits per heavy atom. The maximum Gasteiger partial charge on any atom is 0.269 e. The molecule has 8 nitrogen and oxygen atoms in total. The summed E-state index contributed by atoms with van der Waals surface area (Å²) in [5.41, 5.74) is 0.0282. The Balaban J connectivity index is 2.30. The third-order valence-corrected chi connectivity index (χ3v) is 4.56. The van der Waals surface area contributed by atoms with Gasteiger partial charge in [-0.25, -0.2) is 8.42 Å². The summed E-state index contributed by atoms with van der Waals surface area (Å²) in [7, 11) is -4.01. The average Bonchev–Trinajstić information content (AvgIpc) is 2.60. The molecule has 0 aliphatic carbocycles. The number of hydrogen-bond acceptors (Lipinski definition) is 5. The molecular weight excluding hydrogens is 346 g/mol. The lowest BCUT2D eigenvalue weighted by molar-refractivity contribution is -0.384. The highest BCUT2D eigenvalue weighted by atomic mass is 32.2. The number of hydrogen-bond donors (Lipinski definition) is 2. The van der Waals surface area contributed by atoms with Gasteiger partial charge in [0.25, 0.3) is 21.6 Å². The summed E-state index contributed by atoms with van der Waals surface area (Å²) in [6, 6.07) is 10.6. The number of sulfonamides is 1. The van der Waals surface area contributed by atoms with Crippen molar-refractivity contribution in [3.05, 3.63) is 76.9 Å². The van der Waals surface area contributed by atoms with E-state index < -0.39 is 20.9 Å². The first-order valence-electron chi connectivity index (χ1n) is 7.10. The largest absolute Gasteiger partial charge is 0.349 e. The summed E-state index contributed by atoms with van der Waals surface area (Å²) < 4.78 is 27.2. The SMILES string of the molecule is C=CCNC(=O)c1ccccc1NS(=O)(=O)c1ccc([N+](=O)[O-])cc1. The van der Waals surface area contributed by atoms with Crippen LogP contribution in [0.3, 0.4) is 0 Å². The van der Waals surface area contributed by atoms with Gasteiger partial charge in [-0.05, 0) is 24.3 Å². The number of benzene rings is 2. The molecule has 2 aromatic rings. The molecule has 0 spiro atoms. The molecular formula is C16H15N3O5S. The molecule has 9 heteroatoms. The zero-order valence-electron chi connectivity index (χ0n) is 13.0. The topological polar surface area (TPSA) is 118 Å². The van der Waals surface area contributed by atoms with Crippen LogP contribution in [0.25, 0.3) is 0 Å². The van der Waals surface area contributed by atoms with E-state index in [4.69, 9.17) is 0 Å². The van der Waals surface area contributed by atoms with E-state index in [-0.39, 0.29) is 28.4 Å². The van der Waals surface area contributed by atoms with Crippen molar-refractivity contribution < 1.29 is 18.1 Å². The van der Waals surface area contributed by atoms with Crippen molar-refractivity contribution in [2.24, 2.45) is 0 Å². The molecule has 130 valence electrons. The Bertz CT molecular complexity index is 908. The van der Waals surface area contributed by atoms with E-state index in [1.165, 1.54) is 18.2 Å². The molecule has 1 amide bonds. The minimum Gasteiger partial charge on any atom is -0.349 e. The van der Waals surface area contributed by atoms with Crippen LogP contribution in [0.4, 0.5) is 11.4 Å². The van der Waals surface area contributed by atoms with E-state index in [0.29, 0.717) is 0 Å². The van der Waals surface area contributed by atoms with Crippen LogP contribution in [0.5, 0.6) is 0 Å². The molecule has 0 fully saturated rings. The van der Waals surface area contributed by atoms with Crippen molar-refractivity contribution in [1.29, 1.82) is 0 Å². The predicted octanol–water partition coefficient (Wildman–Crippen LogP) is 2.31. The third-order valence-electron chi connectivity index (χ3n) is 3.18. The Hall–Kier alpha value is -3.20. The van der Waals surface area contributed by atoms with Gasteiger partial charge in [0.2, 0.25) is 0 Å². The number of anilines is 1. The summed E-state index contributed by atoms with van der Waals surface area (Å²) >= 11 is 0. The van der Waals surface area contributed by atoms with Gasteiger partial charge in [0.15, 0.2) is 0 Å². The molecule has 2 rings (SSSR count). The van der Waals surface area contributed by atoms with E-state index >= 15 is 0 Å². The van der Waals surface area contributed by atoms with E-state index in [9.17, 15) is 23.3 Å². The van der Waals surface area contributed by atoms with Crippen molar-refractivity contribution in [1.82, 2.24) is 5.32 Å². The van der Waals surface area contributed by atoms with Gasteiger partial charge in [-0.3, -0.25) is 19.6 Å². The van der Waals surface area contributed by atoms with Crippen LogP contribution in [0, 0.1) is 10.1 Å². The molecule has 0 heterocycles. The average molecular weight is 361 g/mol.